The van der Waals surface area contributed by atoms with E-state index in [2.05, 4.69) is 10.6 Å². The maximum Gasteiger partial charge on any atom is 0.410 e. The van der Waals surface area contributed by atoms with E-state index in [1.165, 1.54) is 9.80 Å². The average molecular weight is 467 g/mol. The van der Waals surface area contributed by atoms with E-state index in [1.807, 2.05) is 13.8 Å². The highest BCUT2D eigenvalue weighted by Crippen LogP contribution is 2.26. The lowest BCUT2D eigenvalue weighted by atomic mass is 9.85. The zero-order valence-corrected chi connectivity index (χ0v) is 20.6. The van der Waals surface area contributed by atoms with Crippen molar-refractivity contribution >= 4 is 23.8 Å². The van der Waals surface area contributed by atoms with E-state index in [1.54, 1.807) is 40.0 Å². The van der Waals surface area contributed by atoms with E-state index in [0.717, 1.165) is 0 Å². The van der Waals surface area contributed by atoms with E-state index >= 15 is 0 Å². The molecule has 0 aromatic carbocycles. The number of hydrogen-bond donors (Lipinski definition) is 2. The fourth-order valence-electron chi connectivity index (χ4n) is 4.36. The summed E-state index contributed by atoms with van der Waals surface area (Å²) in [4.78, 5) is 54.3. The van der Waals surface area contributed by atoms with Crippen molar-refractivity contribution in [3.05, 3.63) is 12.2 Å². The molecule has 1 saturated heterocycles. The smallest absolute Gasteiger partial charge is 0.410 e. The van der Waals surface area contributed by atoms with Crippen molar-refractivity contribution in [3.8, 4) is 0 Å². The molecule has 0 spiro atoms. The van der Waals surface area contributed by atoms with Crippen LogP contribution in [-0.4, -0.2) is 97.1 Å². The molecule has 2 atom stereocenters. The van der Waals surface area contributed by atoms with E-state index < -0.39 is 23.3 Å². The first-order valence-electron chi connectivity index (χ1n) is 11.4. The quantitative estimate of drug-likeness (QED) is 0.596. The molecule has 0 aliphatic carbocycles. The highest BCUT2D eigenvalue weighted by atomic mass is 16.6. The number of cyclic esters (lactones) is 2. The van der Waals surface area contributed by atoms with Gasteiger partial charge in [0.1, 0.15) is 13.2 Å². The summed E-state index contributed by atoms with van der Waals surface area (Å²) in [6.07, 6.45) is 2.47. The Morgan fingerprint density at radius 1 is 1.06 bits per heavy atom. The molecule has 2 aliphatic heterocycles. The minimum Gasteiger partial charge on any atom is -0.445 e. The molecule has 0 aromatic heterocycles. The molecular formula is C23H38N4O6. The second-order valence-corrected chi connectivity index (χ2v) is 9.66. The third kappa shape index (κ3) is 6.77. The van der Waals surface area contributed by atoms with Gasteiger partial charge in [0.2, 0.25) is 0 Å². The third-order valence-electron chi connectivity index (χ3n) is 5.97. The van der Waals surface area contributed by atoms with Crippen molar-refractivity contribution in [2.24, 2.45) is 5.92 Å². The van der Waals surface area contributed by atoms with Gasteiger partial charge in [0.05, 0.1) is 17.6 Å². The maximum atomic E-state index is 13.4. The Morgan fingerprint density at radius 2 is 1.67 bits per heavy atom. The number of nitrogens with one attached hydrogen (secondary N) is 2. The molecule has 1 fully saturated rings. The van der Waals surface area contributed by atoms with E-state index in [9.17, 15) is 19.2 Å². The second kappa shape index (κ2) is 11.1. The van der Waals surface area contributed by atoms with Gasteiger partial charge in [-0.2, -0.15) is 0 Å². The van der Waals surface area contributed by atoms with Crippen LogP contribution in [0.1, 0.15) is 41.0 Å². The van der Waals surface area contributed by atoms with Gasteiger partial charge in [0, 0.05) is 38.6 Å². The van der Waals surface area contributed by atoms with Crippen molar-refractivity contribution in [1.29, 1.82) is 0 Å². The number of fused-ring (bicyclic) bond motifs is 2. The summed E-state index contributed by atoms with van der Waals surface area (Å²) in [6.45, 7) is 9.71. The molecule has 2 N–H and O–H groups in total. The Kier molecular flexibility index (Phi) is 9.02. The Morgan fingerprint density at radius 3 is 2.24 bits per heavy atom. The van der Waals surface area contributed by atoms with Crippen molar-refractivity contribution in [3.63, 3.8) is 0 Å². The van der Waals surface area contributed by atoms with Crippen LogP contribution in [0.3, 0.4) is 0 Å². The summed E-state index contributed by atoms with van der Waals surface area (Å²) < 4.78 is 10.5. The molecule has 0 unspecified atom stereocenters. The summed E-state index contributed by atoms with van der Waals surface area (Å²) in [5, 5.41) is 6.45. The van der Waals surface area contributed by atoms with Crippen LogP contribution >= 0.6 is 0 Å². The first-order chi connectivity index (χ1) is 15.4. The number of ether oxygens (including phenoxy) is 2. The van der Waals surface area contributed by atoms with Crippen LogP contribution in [0.2, 0.25) is 0 Å². The number of amides is 2. The summed E-state index contributed by atoms with van der Waals surface area (Å²) in [7, 11) is 1.57. The van der Waals surface area contributed by atoms with E-state index in [0.29, 0.717) is 13.0 Å². The summed E-state index contributed by atoms with van der Waals surface area (Å²) in [5.74, 6) is -0.527. The van der Waals surface area contributed by atoms with E-state index in [4.69, 9.17) is 9.47 Å². The van der Waals surface area contributed by atoms with Crippen LogP contribution < -0.4 is 10.6 Å². The Labute approximate surface area is 196 Å². The van der Waals surface area contributed by atoms with Gasteiger partial charge in [-0.3, -0.25) is 14.9 Å². The highest BCUT2D eigenvalue weighted by Gasteiger charge is 2.48. The Balaban J connectivity index is 2.35. The normalized spacial score (nSPS) is 29.2. The standard InChI is InChI=1S/C23H38N4O6/c1-16(2)19(29)23-9-10-27(15-23)21(31)33-12-8-7-11-32-20(30)26(6)14-22(5,25-17(3)4)18(28)13-24-23/h7-8,16-17,24-25H,9-15H2,1-6H3/b8-7+/t22-,23-/m1/s1. The van der Waals surface area contributed by atoms with Crippen LogP contribution in [0.5, 0.6) is 0 Å². The molecule has 2 aliphatic rings. The largest absolute Gasteiger partial charge is 0.445 e. The van der Waals surface area contributed by atoms with Crippen molar-refractivity contribution in [2.45, 2.75) is 58.2 Å². The van der Waals surface area contributed by atoms with Crippen molar-refractivity contribution in [2.75, 3.05) is 46.4 Å². The molecule has 0 aromatic rings. The molecule has 2 rings (SSSR count). The van der Waals surface area contributed by atoms with Gasteiger partial charge < -0.3 is 24.6 Å². The third-order valence-corrected chi connectivity index (χ3v) is 5.97. The van der Waals surface area contributed by atoms with Crippen LogP contribution in [-0.2, 0) is 19.1 Å². The van der Waals surface area contributed by atoms with Crippen LogP contribution in [0.15, 0.2) is 12.2 Å². The van der Waals surface area contributed by atoms with Crippen LogP contribution in [0.4, 0.5) is 9.59 Å². The molecule has 33 heavy (non-hydrogen) atoms. The van der Waals surface area contributed by atoms with Gasteiger partial charge >= 0.3 is 12.2 Å². The zero-order chi connectivity index (χ0) is 24.8. The molecule has 186 valence electrons. The lowest BCUT2D eigenvalue weighted by molar-refractivity contribution is -0.129. The monoisotopic (exact) mass is 466 g/mol. The second-order valence-electron chi connectivity index (χ2n) is 9.66. The molecule has 2 heterocycles. The summed E-state index contributed by atoms with van der Waals surface area (Å²) in [5.41, 5.74) is -2.10. The number of nitrogens with zero attached hydrogens (tertiary/aromatic N) is 2. The predicted molar refractivity (Wildman–Crippen MR) is 123 cm³/mol. The van der Waals surface area contributed by atoms with Gasteiger partial charge in [0.15, 0.2) is 11.6 Å². The number of hydrogen-bond acceptors (Lipinski definition) is 8. The maximum absolute atomic E-state index is 13.4. The Hall–Kier alpha value is -2.46. The first kappa shape index (κ1) is 26.8. The average Bonchev–Trinajstić information content (AvgIpc) is 3.17. The van der Waals surface area contributed by atoms with Gasteiger partial charge in [-0.1, -0.05) is 13.8 Å². The predicted octanol–water partition coefficient (Wildman–Crippen LogP) is 1.35. The van der Waals surface area contributed by atoms with Gasteiger partial charge in [-0.05, 0) is 39.3 Å². The first-order valence-corrected chi connectivity index (χ1v) is 11.4. The van der Waals surface area contributed by atoms with Gasteiger partial charge in [-0.15, -0.1) is 0 Å². The van der Waals surface area contributed by atoms with Gasteiger partial charge in [0.25, 0.3) is 0 Å². The van der Waals surface area contributed by atoms with Crippen molar-refractivity contribution < 1.29 is 28.7 Å². The number of carbonyl (C=O) groups excluding carboxylic acids is 4. The van der Waals surface area contributed by atoms with Crippen LogP contribution in [0.25, 0.3) is 0 Å². The number of Topliss-reactive ketones (excluding diaryl/α,β-unsaturated/α-hetero) is 2. The summed E-state index contributed by atoms with van der Waals surface area (Å²) in [6, 6.07) is -0.0246. The SMILES string of the molecule is CC(C)N[C@]1(C)CN(C)C(=O)OC/C=C/COC(=O)N2CC[C@](C(=O)C(C)C)(C2)NCC1=O. The molecule has 0 radical (unpaired) electrons. The number of ketones is 2. The topological polar surface area (TPSA) is 117 Å². The minimum atomic E-state index is -1.07. The number of rotatable bonds is 4. The molecule has 2 amide bonds. The fraction of sp³-hybridized carbons (Fsp3) is 0.739. The lowest BCUT2D eigenvalue weighted by Crippen LogP contribution is -2.64. The van der Waals surface area contributed by atoms with Crippen LogP contribution in [0, 0.1) is 5.92 Å². The fourth-order valence-corrected chi connectivity index (χ4v) is 4.36. The molecule has 2 bridgehead atoms. The number of likely N-dealkylation sites (N-methyl/N-ethyl adjacent to an activating group) is 1. The van der Waals surface area contributed by atoms with E-state index in [-0.39, 0.29) is 56.4 Å². The Bertz CT molecular complexity index is 783. The molecular weight excluding hydrogens is 428 g/mol. The number of carbonyl (C=O) groups is 4. The minimum absolute atomic E-state index is 0.0142. The van der Waals surface area contributed by atoms with Crippen molar-refractivity contribution in [1.82, 2.24) is 20.4 Å². The van der Waals surface area contributed by atoms with Gasteiger partial charge in [-0.25, -0.2) is 9.59 Å². The molecule has 10 heteroatoms. The lowest BCUT2D eigenvalue weighted by Gasteiger charge is -2.37. The molecule has 10 nitrogen and oxygen atoms in total. The highest BCUT2D eigenvalue weighted by molar-refractivity contribution is 5.94. The summed E-state index contributed by atoms with van der Waals surface area (Å²) >= 11 is 0. The zero-order valence-electron chi connectivity index (χ0n) is 20.6. The molecule has 0 saturated carbocycles.